The smallest absolute Gasteiger partial charge is 0.257 e. The van der Waals surface area contributed by atoms with Crippen LogP contribution in [0.15, 0.2) is 36.5 Å². The van der Waals surface area contributed by atoms with Crippen LogP contribution in [0, 0.1) is 6.92 Å². The summed E-state index contributed by atoms with van der Waals surface area (Å²) in [5.74, 6) is 0.0134. The second-order valence-corrected chi connectivity index (χ2v) is 12.7. The number of carbonyl (C=O) groups excluding carboxylic acids is 2. The number of hydrogen-bond acceptors (Lipinski definition) is 7. The van der Waals surface area contributed by atoms with Crippen molar-refractivity contribution < 1.29 is 22.7 Å². The largest absolute Gasteiger partial charge is 0.493 e. The fourth-order valence-electron chi connectivity index (χ4n) is 5.44. The molecule has 1 aromatic carbocycles. The van der Waals surface area contributed by atoms with Crippen molar-refractivity contribution in [2.75, 3.05) is 23.9 Å². The van der Waals surface area contributed by atoms with Crippen molar-refractivity contribution in [2.24, 2.45) is 0 Å². The number of aryl methyl sites for hydroxylation is 1. The van der Waals surface area contributed by atoms with Crippen molar-refractivity contribution in [1.29, 1.82) is 0 Å². The molecule has 3 aromatic rings. The maximum Gasteiger partial charge on any atom is 0.257 e. The van der Waals surface area contributed by atoms with Crippen molar-refractivity contribution in [1.82, 2.24) is 20.1 Å². The van der Waals surface area contributed by atoms with Gasteiger partial charge in [-0.1, -0.05) is 18.2 Å². The summed E-state index contributed by atoms with van der Waals surface area (Å²) in [5.41, 5.74) is 3.11. The van der Waals surface area contributed by atoms with Gasteiger partial charge in [-0.25, -0.2) is 13.4 Å². The Morgan fingerprint density at radius 2 is 2.08 bits per heavy atom. The van der Waals surface area contributed by atoms with Crippen LogP contribution in [-0.2, 0) is 26.6 Å². The van der Waals surface area contributed by atoms with Gasteiger partial charge < -0.3 is 15.4 Å². The number of anilines is 1. The second kappa shape index (κ2) is 8.93. The van der Waals surface area contributed by atoms with Gasteiger partial charge in [0.15, 0.2) is 21.5 Å². The molecular formula is C27H29N5O5S. The van der Waals surface area contributed by atoms with Crippen LogP contribution < -0.4 is 15.4 Å². The highest BCUT2D eigenvalue weighted by Gasteiger charge is 2.45. The van der Waals surface area contributed by atoms with E-state index >= 15 is 0 Å². The first kappa shape index (κ1) is 24.6. The first-order chi connectivity index (χ1) is 18.1. The number of rotatable bonds is 5. The van der Waals surface area contributed by atoms with Gasteiger partial charge in [-0.15, -0.1) is 0 Å². The lowest BCUT2D eigenvalue weighted by Gasteiger charge is -2.37. The molecule has 2 aliphatic heterocycles. The summed E-state index contributed by atoms with van der Waals surface area (Å²) in [6.45, 7) is 2.46. The Morgan fingerprint density at radius 3 is 2.79 bits per heavy atom. The van der Waals surface area contributed by atoms with Crippen LogP contribution in [0.1, 0.15) is 64.3 Å². The summed E-state index contributed by atoms with van der Waals surface area (Å²) in [6.07, 6.45) is 6.82. The van der Waals surface area contributed by atoms with Crippen LogP contribution in [0.4, 0.5) is 5.82 Å². The topological polar surface area (TPSA) is 132 Å². The van der Waals surface area contributed by atoms with E-state index in [4.69, 9.17) is 9.84 Å². The van der Waals surface area contributed by atoms with Gasteiger partial charge in [0.05, 0.1) is 17.8 Å². The SMILES string of the molecule is Cc1ccc(-n2nc3c(c2NC(=O)CS(C)(=O)=O)C(=O)N[C@@]2(CCCOc4cc(C5CC5)ccc42)C3)nc1. The van der Waals surface area contributed by atoms with Crippen LogP contribution in [-0.4, -0.2) is 53.6 Å². The van der Waals surface area contributed by atoms with E-state index in [1.807, 2.05) is 13.0 Å². The minimum absolute atomic E-state index is 0.103. The number of sulfone groups is 1. The van der Waals surface area contributed by atoms with Crippen LogP contribution in [0.3, 0.4) is 0 Å². The minimum atomic E-state index is -3.58. The number of nitrogens with one attached hydrogen (secondary N) is 2. The Balaban J connectivity index is 1.45. The Labute approximate surface area is 220 Å². The van der Waals surface area contributed by atoms with E-state index in [1.165, 1.54) is 23.1 Å². The van der Waals surface area contributed by atoms with Gasteiger partial charge in [0.25, 0.3) is 5.91 Å². The van der Waals surface area contributed by atoms with E-state index in [2.05, 4.69) is 33.8 Å². The highest BCUT2D eigenvalue weighted by atomic mass is 32.2. The van der Waals surface area contributed by atoms with Crippen molar-refractivity contribution >= 4 is 27.5 Å². The summed E-state index contributed by atoms with van der Waals surface area (Å²) in [4.78, 5) is 30.8. The van der Waals surface area contributed by atoms with Crippen LogP contribution >= 0.6 is 0 Å². The molecule has 6 rings (SSSR count). The van der Waals surface area contributed by atoms with E-state index in [9.17, 15) is 18.0 Å². The number of ether oxygens (including phenoxy) is 1. The van der Waals surface area contributed by atoms with Gasteiger partial charge in [-0.05, 0) is 61.8 Å². The summed E-state index contributed by atoms with van der Waals surface area (Å²) >= 11 is 0. The van der Waals surface area contributed by atoms with E-state index < -0.39 is 32.9 Å². The molecule has 2 aromatic heterocycles. The van der Waals surface area contributed by atoms with Gasteiger partial charge in [0.2, 0.25) is 5.91 Å². The molecule has 2 amide bonds. The molecule has 198 valence electrons. The minimum Gasteiger partial charge on any atom is -0.493 e. The molecular weight excluding hydrogens is 506 g/mol. The molecule has 1 saturated carbocycles. The molecule has 4 heterocycles. The third-order valence-corrected chi connectivity index (χ3v) is 8.13. The summed E-state index contributed by atoms with van der Waals surface area (Å²) in [5, 5.41) is 10.6. The van der Waals surface area contributed by atoms with Gasteiger partial charge in [-0.3, -0.25) is 9.59 Å². The average molecular weight is 536 g/mol. The Morgan fingerprint density at radius 1 is 1.26 bits per heavy atom. The van der Waals surface area contributed by atoms with Gasteiger partial charge in [0.1, 0.15) is 17.1 Å². The van der Waals surface area contributed by atoms with Crippen LogP contribution in [0.2, 0.25) is 0 Å². The van der Waals surface area contributed by atoms with Gasteiger partial charge in [0, 0.05) is 24.4 Å². The first-order valence-electron chi connectivity index (χ1n) is 12.7. The number of nitrogens with zero attached hydrogens (tertiary/aromatic N) is 3. The number of aromatic nitrogens is 3. The molecule has 0 unspecified atom stereocenters. The number of hydrogen-bond donors (Lipinski definition) is 2. The highest BCUT2D eigenvalue weighted by Crippen LogP contribution is 2.46. The lowest BCUT2D eigenvalue weighted by molar-refractivity contribution is -0.113. The number of fused-ring (bicyclic) bond motifs is 3. The maximum atomic E-state index is 13.8. The molecule has 38 heavy (non-hydrogen) atoms. The lowest BCUT2D eigenvalue weighted by Crippen LogP contribution is -2.51. The maximum absolute atomic E-state index is 13.8. The molecule has 10 nitrogen and oxygen atoms in total. The molecule has 11 heteroatoms. The molecule has 2 N–H and O–H groups in total. The van der Waals surface area contributed by atoms with E-state index in [0.717, 1.165) is 29.6 Å². The lowest BCUT2D eigenvalue weighted by atomic mass is 9.78. The van der Waals surface area contributed by atoms with Crippen LogP contribution in [0.5, 0.6) is 5.75 Å². The summed E-state index contributed by atoms with van der Waals surface area (Å²) in [6, 6.07) is 9.88. The third kappa shape index (κ3) is 4.55. The molecule has 0 bridgehead atoms. The Bertz CT molecular complexity index is 1560. The van der Waals surface area contributed by atoms with Gasteiger partial charge >= 0.3 is 0 Å². The Kier molecular flexibility index (Phi) is 5.78. The average Bonchev–Trinajstić information content (AvgIpc) is 3.65. The molecule has 1 spiro atoms. The quantitative estimate of drug-likeness (QED) is 0.513. The molecule has 1 atom stereocenters. The molecule has 1 fully saturated rings. The first-order valence-corrected chi connectivity index (χ1v) is 14.8. The second-order valence-electron chi connectivity index (χ2n) is 10.6. The zero-order valence-corrected chi connectivity index (χ0v) is 22.1. The Hall–Kier alpha value is -3.73. The van der Waals surface area contributed by atoms with Crippen molar-refractivity contribution in [2.45, 2.75) is 50.5 Å². The van der Waals surface area contributed by atoms with E-state index in [-0.39, 0.29) is 11.4 Å². The fourth-order valence-corrected chi connectivity index (χ4v) is 5.99. The number of benzene rings is 1. The zero-order valence-electron chi connectivity index (χ0n) is 21.3. The van der Waals surface area contributed by atoms with E-state index in [1.54, 1.807) is 12.3 Å². The van der Waals surface area contributed by atoms with Crippen molar-refractivity contribution in [3.63, 3.8) is 0 Å². The molecule has 3 aliphatic rings. The van der Waals surface area contributed by atoms with E-state index in [0.29, 0.717) is 36.9 Å². The van der Waals surface area contributed by atoms with Gasteiger partial charge in [-0.2, -0.15) is 9.78 Å². The summed E-state index contributed by atoms with van der Waals surface area (Å²) < 4.78 is 31.0. The fraction of sp³-hybridized carbons (Fsp3) is 0.407. The van der Waals surface area contributed by atoms with Crippen molar-refractivity contribution in [3.05, 3.63) is 64.5 Å². The monoisotopic (exact) mass is 535 g/mol. The predicted molar refractivity (Wildman–Crippen MR) is 140 cm³/mol. The van der Waals surface area contributed by atoms with Crippen LogP contribution in [0.25, 0.3) is 5.82 Å². The third-order valence-electron chi connectivity index (χ3n) is 7.35. The number of carbonyl (C=O) groups is 2. The predicted octanol–water partition coefficient (Wildman–Crippen LogP) is 2.79. The molecule has 1 aliphatic carbocycles. The molecule has 0 saturated heterocycles. The number of pyridine rings is 1. The normalized spacial score (nSPS) is 20.6. The number of amides is 2. The van der Waals surface area contributed by atoms with Crippen molar-refractivity contribution in [3.8, 4) is 11.6 Å². The highest BCUT2D eigenvalue weighted by molar-refractivity contribution is 7.91. The zero-order chi connectivity index (χ0) is 26.7. The standard InChI is InChI=1S/C27H29N5O5S/c1-16-4-9-22(28-14-16)32-25(29-23(33)15-38(2,35)36)24-20(31-32)13-27(30-26(24)34)10-3-11-37-21-12-18(17-5-6-17)7-8-19(21)27/h4,7-9,12,14,17H,3,5-6,10-11,13,15H2,1-2H3,(H,29,33)(H,30,34)/t27-/m0/s1. The molecule has 0 radical (unpaired) electrons. The summed E-state index contributed by atoms with van der Waals surface area (Å²) in [7, 11) is -3.58.